The van der Waals surface area contributed by atoms with Crippen molar-refractivity contribution in [1.82, 2.24) is 4.57 Å². The van der Waals surface area contributed by atoms with Gasteiger partial charge >= 0.3 is 11.9 Å². The number of amides is 1. The molecule has 1 N–H and O–H groups in total. The minimum Gasteiger partial charge on any atom is -0.462 e. The van der Waals surface area contributed by atoms with Crippen molar-refractivity contribution >= 4 is 45.0 Å². The Kier molecular flexibility index (Phi) is 8.87. The first-order valence-electron chi connectivity index (χ1n) is 14.4. The van der Waals surface area contributed by atoms with E-state index >= 15 is 0 Å². The molecule has 0 saturated heterocycles. The second kappa shape index (κ2) is 12.7. The Hall–Kier alpha value is -4.24. The predicted octanol–water partition coefficient (Wildman–Crippen LogP) is 6.29. The van der Waals surface area contributed by atoms with Crippen LogP contribution >= 0.6 is 11.3 Å². The molecule has 1 amide bonds. The highest BCUT2D eigenvalue weighted by molar-refractivity contribution is 7.17. The van der Waals surface area contributed by atoms with E-state index in [1.54, 1.807) is 32.0 Å². The molecule has 2 aromatic heterocycles. The molecule has 0 aliphatic heterocycles. The molecule has 1 atom stereocenters. The van der Waals surface area contributed by atoms with Crippen molar-refractivity contribution in [3.05, 3.63) is 86.6 Å². The van der Waals surface area contributed by atoms with Crippen LogP contribution in [-0.2, 0) is 34.2 Å². The summed E-state index contributed by atoms with van der Waals surface area (Å²) >= 11 is 1.39. The summed E-state index contributed by atoms with van der Waals surface area (Å²) in [6.45, 7) is 3.71. The van der Waals surface area contributed by atoms with Crippen LogP contribution in [0, 0.1) is 0 Å². The van der Waals surface area contributed by atoms with Gasteiger partial charge in [-0.3, -0.25) is 9.59 Å². The van der Waals surface area contributed by atoms with Crippen LogP contribution in [-0.4, -0.2) is 35.1 Å². The summed E-state index contributed by atoms with van der Waals surface area (Å²) < 4.78 is 12.4. The lowest BCUT2D eigenvalue weighted by Crippen LogP contribution is -2.34. The highest BCUT2D eigenvalue weighted by atomic mass is 32.1. The molecule has 1 unspecified atom stereocenters. The highest BCUT2D eigenvalue weighted by Crippen LogP contribution is 2.38. The molecule has 0 bridgehead atoms. The van der Waals surface area contributed by atoms with Gasteiger partial charge in [-0.1, -0.05) is 61.9 Å². The lowest BCUT2D eigenvalue weighted by atomic mass is 9.97. The smallest absolute Gasteiger partial charge is 0.356 e. The number of hydrogen-bond acceptors (Lipinski definition) is 7. The Balaban J connectivity index is 1.49. The van der Waals surface area contributed by atoms with Crippen molar-refractivity contribution in [2.24, 2.45) is 7.05 Å². The molecule has 0 spiro atoms. The SMILES string of the molecule is CCOC(=O)c1c(NC(=O)C(CC)OC(=O)c2c(-c3ccccc3)c3ccccc3c(=O)n2C)sc2c1CCCCC2. The Labute approximate surface area is 248 Å². The highest BCUT2D eigenvalue weighted by Gasteiger charge is 2.31. The van der Waals surface area contributed by atoms with Crippen LogP contribution in [0.1, 0.15) is 70.8 Å². The summed E-state index contributed by atoms with van der Waals surface area (Å²) in [7, 11) is 1.53. The number of aromatic nitrogens is 1. The Morgan fingerprint density at radius 3 is 2.33 bits per heavy atom. The Morgan fingerprint density at radius 2 is 1.62 bits per heavy atom. The number of benzene rings is 2. The molecule has 0 saturated carbocycles. The van der Waals surface area contributed by atoms with Gasteiger partial charge in [0.1, 0.15) is 10.7 Å². The van der Waals surface area contributed by atoms with Crippen molar-refractivity contribution in [1.29, 1.82) is 0 Å². The maximum atomic E-state index is 13.8. The zero-order valence-corrected chi connectivity index (χ0v) is 24.8. The molecular formula is C33H34N2O6S. The van der Waals surface area contributed by atoms with Crippen LogP contribution in [0.4, 0.5) is 5.00 Å². The molecule has 2 heterocycles. The number of carbonyl (C=O) groups excluding carboxylic acids is 3. The number of esters is 2. The molecule has 4 aromatic rings. The van der Waals surface area contributed by atoms with E-state index in [4.69, 9.17) is 9.47 Å². The van der Waals surface area contributed by atoms with Gasteiger partial charge in [-0.05, 0) is 61.6 Å². The molecule has 0 fully saturated rings. The zero-order chi connectivity index (χ0) is 29.8. The Bertz CT molecular complexity index is 1710. The monoisotopic (exact) mass is 586 g/mol. The third-order valence-corrected chi connectivity index (χ3v) is 8.82. The van der Waals surface area contributed by atoms with Gasteiger partial charge in [0, 0.05) is 22.9 Å². The lowest BCUT2D eigenvalue weighted by Gasteiger charge is -2.20. The van der Waals surface area contributed by atoms with Crippen LogP contribution in [0.25, 0.3) is 21.9 Å². The molecule has 2 aromatic carbocycles. The molecule has 9 heteroatoms. The number of thiophene rings is 1. The van der Waals surface area contributed by atoms with Gasteiger partial charge in [-0.15, -0.1) is 11.3 Å². The van der Waals surface area contributed by atoms with Crippen LogP contribution in [0.2, 0.25) is 0 Å². The minimum atomic E-state index is -1.15. The third kappa shape index (κ3) is 5.61. The summed E-state index contributed by atoms with van der Waals surface area (Å²) in [6.07, 6.45) is 3.70. The summed E-state index contributed by atoms with van der Waals surface area (Å²) in [4.78, 5) is 54.7. The van der Waals surface area contributed by atoms with E-state index in [0.29, 0.717) is 26.9 Å². The first kappa shape index (κ1) is 29.3. The van der Waals surface area contributed by atoms with Crippen LogP contribution in [0.5, 0.6) is 0 Å². The van der Waals surface area contributed by atoms with Crippen molar-refractivity contribution < 1.29 is 23.9 Å². The van der Waals surface area contributed by atoms with Gasteiger partial charge in [-0.2, -0.15) is 0 Å². The number of ether oxygens (including phenoxy) is 2. The van der Waals surface area contributed by atoms with Gasteiger partial charge in [0.15, 0.2) is 6.10 Å². The number of pyridine rings is 1. The van der Waals surface area contributed by atoms with Crippen molar-refractivity contribution in [2.45, 2.75) is 58.5 Å². The number of rotatable bonds is 8. The number of fused-ring (bicyclic) bond motifs is 2. The number of carbonyl (C=O) groups is 3. The summed E-state index contributed by atoms with van der Waals surface area (Å²) in [6, 6.07) is 16.4. The number of aryl methyl sites for hydroxylation is 1. The van der Waals surface area contributed by atoms with Gasteiger partial charge < -0.3 is 19.4 Å². The van der Waals surface area contributed by atoms with Crippen LogP contribution in [0.3, 0.4) is 0 Å². The molecule has 1 aliphatic carbocycles. The van der Waals surface area contributed by atoms with Crippen molar-refractivity contribution in [3.8, 4) is 11.1 Å². The van der Waals surface area contributed by atoms with Gasteiger partial charge in [0.25, 0.3) is 11.5 Å². The van der Waals surface area contributed by atoms with Crippen LogP contribution in [0.15, 0.2) is 59.4 Å². The van der Waals surface area contributed by atoms with E-state index in [1.165, 1.54) is 23.0 Å². The summed E-state index contributed by atoms with van der Waals surface area (Å²) in [5.74, 6) is -1.79. The number of nitrogens with one attached hydrogen (secondary N) is 1. The summed E-state index contributed by atoms with van der Waals surface area (Å²) in [5, 5.41) is 4.39. The molecule has 5 rings (SSSR count). The van der Waals surface area contributed by atoms with Gasteiger partial charge in [0.2, 0.25) is 0 Å². The van der Waals surface area contributed by atoms with Crippen LogP contribution < -0.4 is 10.9 Å². The fraction of sp³-hybridized carbons (Fsp3) is 0.333. The minimum absolute atomic E-state index is 0.0613. The normalized spacial score (nSPS) is 13.6. The molecular weight excluding hydrogens is 552 g/mol. The summed E-state index contributed by atoms with van der Waals surface area (Å²) in [5.41, 5.74) is 2.36. The van der Waals surface area contributed by atoms with E-state index in [1.807, 2.05) is 36.4 Å². The first-order chi connectivity index (χ1) is 20.3. The molecule has 8 nitrogen and oxygen atoms in total. The van der Waals surface area contributed by atoms with E-state index in [-0.39, 0.29) is 24.3 Å². The maximum Gasteiger partial charge on any atom is 0.356 e. The third-order valence-electron chi connectivity index (χ3n) is 7.61. The number of anilines is 1. The molecule has 0 radical (unpaired) electrons. The largest absolute Gasteiger partial charge is 0.462 e. The zero-order valence-electron chi connectivity index (χ0n) is 24.0. The van der Waals surface area contributed by atoms with Gasteiger partial charge in [0.05, 0.1) is 12.2 Å². The first-order valence-corrected chi connectivity index (χ1v) is 15.2. The molecule has 42 heavy (non-hydrogen) atoms. The fourth-order valence-corrected chi connectivity index (χ4v) is 6.83. The van der Waals surface area contributed by atoms with E-state index in [9.17, 15) is 19.2 Å². The van der Waals surface area contributed by atoms with Crippen molar-refractivity contribution in [2.75, 3.05) is 11.9 Å². The Morgan fingerprint density at radius 1 is 0.929 bits per heavy atom. The van der Waals surface area contributed by atoms with E-state index in [0.717, 1.165) is 48.1 Å². The number of hydrogen-bond donors (Lipinski definition) is 1. The fourth-order valence-electron chi connectivity index (χ4n) is 5.55. The van der Waals surface area contributed by atoms with E-state index in [2.05, 4.69) is 5.32 Å². The second-order valence-corrected chi connectivity index (χ2v) is 11.4. The predicted molar refractivity (Wildman–Crippen MR) is 164 cm³/mol. The molecule has 218 valence electrons. The van der Waals surface area contributed by atoms with Crippen molar-refractivity contribution in [3.63, 3.8) is 0 Å². The second-order valence-electron chi connectivity index (χ2n) is 10.3. The number of nitrogens with zero attached hydrogens (tertiary/aromatic N) is 1. The molecule has 1 aliphatic rings. The maximum absolute atomic E-state index is 13.8. The standard InChI is InChI=1S/C33H34N2O6S/c1-4-24(29(36)34-30-27(32(38)40-5-2)23-18-10-7-11-19-25(23)42-30)41-33(39)28-26(20-14-8-6-9-15-20)21-16-12-13-17-22(21)31(37)35(28)3/h6,8-9,12-17,24H,4-5,7,10-11,18-19H2,1-3H3,(H,34,36). The van der Waals surface area contributed by atoms with Gasteiger partial charge in [-0.25, -0.2) is 9.59 Å². The quantitative estimate of drug-likeness (QED) is 0.192. The lowest BCUT2D eigenvalue weighted by molar-refractivity contribution is -0.124. The van der Waals surface area contributed by atoms with E-state index < -0.39 is 23.9 Å². The average Bonchev–Trinajstić information content (AvgIpc) is 3.17. The topological polar surface area (TPSA) is 104 Å². The average molecular weight is 587 g/mol.